The van der Waals surface area contributed by atoms with Gasteiger partial charge in [0.1, 0.15) is 18.2 Å². The lowest BCUT2D eigenvalue weighted by molar-refractivity contribution is 0.372. The number of rotatable bonds is 3. The second-order valence-electron chi connectivity index (χ2n) is 5.58. The average Bonchev–Trinajstić information content (AvgIpc) is 2.65. The molecule has 0 unspecified atom stereocenters. The fourth-order valence-corrected chi connectivity index (χ4v) is 2.94. The van der Waals surface area contributed by atoms with Crippen LogP contribution in [0.4, 0.5) is 0 Å². The van der Waals surface area contributed by atoms with Gasteiger partial charge in [0, 0.05) is 0 Å². The largest absolute Gasteiger partial charge is 0.480 e. The smallest absolute Gasteiger partial charge is 0.259 e. The van der Waals surface area contributed by atoms with E-state index < -0.39 is 0 Å². The molecular formula is C21H14N2O2. The van der Waals surface area contributed by atoms with Gasteiger partial charge in [0.05, 0.1) is 16.5 Å². The van der Waals surface area contributed by atoms with Crippen LogP contribution in [0.25, 0.3) is 33.1 Å². The Balaban J connectivity index is 2.05. The molecule has 0 atom stereocenters. The van der Waals surface area contributed by atoms with Crippen molar-refractivity contribution in [1.29, 1.82) is 0 Å². The predicted octanol–water partition coefficient (Wildman–Crippen LogP) is 3.76. The first-order valence-electron chi connectivity index (χ1n) is 7.85. The van der Waals surface area contributed by atoms with Gasteiger partial charge in [0.25, 0.3) is 5.56 Å². The molecule has 1 aromatic heterocycles. The third-order valence-electron chi connectivity index (χ3n) is 4.05. The van der Waals surface area contributed by atoms with Crippen LogP contribution in [0.3, 0.4) is 0 Å². The number of aromatic amines is 1. The van der Waals surface area contributed by atoms with E-state index in [1.54, 1.807) is 6.07 Å². The number of benzene rings is 3. The number of para-hydroxylation sites is 1. The molecule has 1 N–H and O–H groups in total. The van der Waals surface area contributed by atoms with Gasteiger partial charge in [-0.2, -0.15) is 0 Å². The minimum Gasteiger partial charge on any atom is -0.480 e. The molecule has 4 heteroatoms. The van der Waals surface area contributed by atoms with E-state index in [1.165, 1.54) is 0 Å². The minimum atomic E-state index is -0.184. The Kier molecular flexibility index (Phi) is 3.68. The van der Waals surface area contributed by atoms with Crippen molar-refractivity contribution in [3.05, 3.63) is 71.0 Å². The van der Waals surface area contributed by atoms with Crippen molar-refractivity contribution in [3.8, 4) is 29.5 Å². The summed E-state index contributed by atoms with van der Waals surface area (Å²) in [4.78, 5) is 20.0. The number of hydrogen-bond donors (Lipinski definition) is 1. The summed E-state index contributed by atoms with van der Waals surface area (Å²) < 4.78 is 5.70. The van der Waals surface area contributed by atoms with Gasteiger partial charge >= 0.3 is 0 Å². The van der Waals surface area contributed by atoms with E-state index in [4.69, 9.17) is 11.2 Å². The Bertz CT molecular complexity index is 1190. The summed E-state index contributed by atoms with van der Waals surface area (Å²) in [7, 11) is 0. The van der Waals surface area contributed by atoms with Crippen LogP contribution in [0.15, 0.2) is 65.5 Å². The first-order chi connectivity index (χ1) is 12.3. The zero-order valence-corrected chi connectivity index (χ0v) is 13.3. The molecular weight excluding hydrogens is 312 g/mol. The molecule has 25 heavy (non-hydrogen) atoms. The lowest BCUT2D eigenvalue weighted by Crippen LogP contribution is -2.10. The summed E-state index contributed by atoms with van der Waals surface area (Å²) in [6, 6.07) is 18.9. The van der Waals surface area contributed by atoms with Crippen molar-refractivity contribution >= 4 is 21.7 Å². The zero-order chi connectivity index (χ0) is 17.2. The Morgan fingerprint density at radius 2 is 1.76 bits per heavy atom. The van der Waals surface area contributed by atoms with Crippen molar-refractivity contribution < 1.29 is 4.74 Å². The number of hydrogen-bond acceptors (Lipinski definition) is 3. The molecule has 0 bridgehead atoms. The van der Waals surface area contributed by atoms with E-state index in [-0.39, 0.29) is 12.2 Å². The Hall–Kier alpha value is -3.58. The molecule has 0 aliphatic heterocycles. The van der Waals surface area contributed by atoms with Gasteiger partial charge in [-0.25, -0.2) is 4.98 Å². The molecule has 0 radical (unpaired) electrons. The number of H-pyrrole nitrogens is 1. The topological polar surface area (TPSA) is 55.0 Å². The maximum absolute atomic E-state index is 12.5. The SMILES string of the molecule is C#CCOc1ccc2ccccc2c1-c1nc2ccccc2c(=O)[nH]1. The van der Waals surface area contributed by atoms with E-state index >= 15 is 0 Å². The molecule has 120 valence electrons. The standard InChI is InChI=1S/C21H14N2O2/c1-2-13-25-18-12-11-14-7-3-4-8-15(14)19(18)20-22-17-10-6-5-9-16(17)21(24)23-20/h1,3-12H,13H2,(H,22,23,24). The molecule has 0 saturated carbocycles. The molecule has 1 heterocycles. The van der Waals surface area contributed by atoms with Gasteiger partial charge < -0.3 is 9.72 Å². The number of aromatic nitrogens is 2. The highest BCUT2D eigenvalue weighted by atomic mass is 16.5. The number of ether oxygens (including phenoxy) is 1. The van der Waals surface area contributed by atoms with Crippen molar-refractivity contribution in [2.75, 3.05) is 6.61 Å². The molecule has 0 aliphatic rings. The highest BCUT2D eigenvalue weighted by Crippen LogP contribution is 2.35. The number of terminal acetylenes is 1. The van der Waals surface area contributed by atoms with E-state index in [0.717, 1.165) is 16.3 Å². The Labute approximate surface area is 144 Å². The van der Waals surface area contributed by atoms with Crippen LogP contribution in [0.2, 0.25) is 0 Å². The summed E-state index contributed by atoms with van der Waals surface area (Å²) in [5, 5.41) is 2.52. The summed E-state index contributed by atoms with van der Waals surface area (Å²) in [6.07, 6.45) is 5.33. The van der Waals surface area contributed by atoms with Crippen molar-refractivity contribution in [1.82, 2.24) is 9.97 Å². The van der Waals surface area contributed by atoms with Crippen LogP contribution in [0, 0.1) is 12.3 Å². The molecule has 0 amide bonds. The van der Waals surface area contributed by atoms with Crippen LogP contribution in [-0.4, -0.2) is 16.6 Å². The second-order valence-corrected chi connectivity index (χ2v) is 5.58. The number of nitrogens with one attached hydrogen (secondary N) is 1. The van der Waals surface area contributed by atoms with Gasteiger partial charge in [-0.3, -0.25) is 4.79 Å². The second kappa shape index (κ2) is 6.14. The van der Waals surface area contributed by atoms with Crippen LogP contribution < -0.4 is 10.3 Å². The molecule has 0 aliphatic carbocycles. The van der Waals surface area contributed by atoms with Crippen molar-refractivity contribution in [2.45, 2.75) is 0 Å². The molecule has 0 spiro atoms. The average molecular weight is 326 g/mol. The van der Waals surface area contributed by atoms with Crippen molar-refractivity contribution in [2.24, 2.45) is 0 Å². The van der Waals surface area contributed by atoms with E-state index in [0.29, 0.717) is 22.5 Å². The first-order valence-corrected chi connectivity index (χ1v) is 7.85. The fourth-order valence-electron chi connectivity index (χ4n) is 2.94. The molecule has 0 saturated heterocycles. The summed E-state index contributed by atoms with van der Waals surface area (Å²) in [5.74, 6) is 3.53. The summed E-state index contributed by atoms with van der Waals surface area (Å²) >= 11 is 0. The maximum Gasteiger partial charge on any atom is 0.259 e. The van der Waals surface area contributed by atoms with Gasteiger partial charge in [0.2, 0.25) is 0 Å². The molecule has 4 nitrogen and oxygen atoms in total. The highest BCUT2D eigenvalue weighted by Gasteiger charge is 2.15. The molecule has 4 rings (SSSR count). The van der Waals surface area contributed by atoms with Crippen LogP contribution in [0.5, 0.6) is 5.75 Å². The van der Waals surface area contributed by atoms with Gasteiger partial charge in [0.15, 0.2) is 0 Å². The quantitative estimate of drug-likeness (QED) is 0.583. The Morgan fingerprint density at radius 1 is 1.00 bits per heavy atom. The van der Waals surface area contributed by atoms with Gasteiger partial charge in [-0.15, -0.1) is 6.42 Å². The monoisotopic (exact) mass is 326 g/mol. The predicted molar refractivity (Wildman–Crippen MR) is 99.6 cm³/mol. The lowest BCUT2D eigenvalue weighted by atomic mass is 10.0. The number of fused-ring (bicyclic) bond motifs is 2. The lowest BCUT2D eigenvalue weighted by Gasteiger charge is -2.13. The third-order valence-corrected chi connectivity index (χ3v) is 4.05. The van der Waals surface area contributed by atoms with E-state index in [1.807, 2.05) is 54.6 Å². The maximum atomic E-state index is 12.5. The summed E-state index contributed by atoms with van der Waals surface area (Å²) in [6.45, 7) is 0.142. The van der Waals surface area contributed by atoms with Crippen LogP contribution >= 0.6 is 0 Å². The Morgan fingerprint density at radius 3 is 2.60 bits per heavy atom. The molecule has 4 aromatic rings. The van der Waals surface area contributed by atoms with Gasteiger partial charge in [-0.1, -0.05) is 48.4 Å². The summed E-state index contributed by atoms with van der Waals surface area (Å²) in [5.41, 5.74) is 1.18. The molecule has 0 fully saturated rings. The third kappa shape index (κ3) is 2.62. The van der Waals surface area contributed by atoms with E-state index in [9.17, 15) is 4.79 Å². The van der Waals surface area contributed by atoms with Crippen molar-refractivity contribution in [3.63, 3.8) is 0 Å². The van der Waals surface area contributed by atoms with E-state index in [2.05, 4.69) is 15.9 Å². The van der Waals surface area contributed by atoms with Crippen LogP contribution in [0.1, 0.15) is 0 Å². The highest BCUT2D eigenvalue weighted by molar-refractivity contribution is 5.98. The van der Waals surface area contributed by atoms with Gasteiger partial charge in [-0.05, 0) is 29.0 Å². The zero-order valence-electron chi connectivity index (χ0n) is 13.3. The number of nitrogens with zero attached hydrogens (tertiary/aromatic N) is 1. The fraction of sp³-hybridized carbons (Fsp3) is 0.0476. The van der Waals surface area contributed by atoms with Crippen LogP contribution in [-0.2, 0) is 0 Å². The normalized spacial score (nSPS) is 10.7. The first kappa shape index (κ1) is 15.0. The minimum absolute atomic E-state index is 0.142. The molecule has 3 aromatic carbocycles.